The zero-order chi connectivity index (χ0) is 37.7. The maximum atomic E-state index is 5.06. The molecule has 56 heavy (non-hydrogen) atoms. The maximum absolute atomic E-state index is 5.06. The number of rotatable bonds is 12. The Kier molecular flexibility index (Phi) is 9.56. The lowest BCUT2D eigenvalue weighted by molar-refractivity contribution is 0.451. The molecule has 0 unspecified atom stereocenters. The standard InChI is InChI=1S/C49H41N7/c1-2-3-28-47-51-45-34-50-44(38-18-8-4-9-19-38)33-46(45)55(47)35-36-29-31-37(32-30-36)42-26-16-17-27-43(42)48-52-53-54-56(48)49(39-20-10-5-11-21-39,40-22-12-6-13-23-40)41-24-14-7-15-25-41/h4-27,29-34H,2-3,28,35H2,1H3. The molecule has 9 aromatic rings. The van der Waals surface area contributed by atoms with E-state index >= 15 is 0 Å². The van der Waals surface area contributed by atoms with E-state index in [1.165, 1.54) is 5.56 Å². The molecule has 272 valence electrons. The highest BCUT2D eigenvalue weighted by molar-refractivity contribution is 5.82. The molecule has 9 rings (SSSR count). The third kappa shape index (κ3) is 6.37. The molecule has 0 N–H and O–H groups in total. The summed E-state index contributed by atoms with van der Waals surface area (Å²) in [6, 6.07) is 61.4. The number of tetrazole rings is 1. The molecule has 0 saturated carbocycles. The van der Waals surface area contributed by atoms with E-state index in [2.05, 4.69) is 168 Å². The van der Waals surface area contributed by atoms with Crippen molar-refractivity contribution in [2.45, 2.75) is 38.3 Å². The number of imidazole rings is 1. The van der Waals surface area contributed by atoms with E-state index in [-0.39, 0.29) is 0 Å². The summed E-state index contributed by atoms with van der Waals surface area (Å²) in [6.45, 7) is 2.93. The molecule has 0 atom stereocenters. The predicted molar refractivity (Wildman–Crippen MR) is 224 cm³/mol. The average molecular weight is 728 g/mol. The molecule has 0 bridgehead atoms. The van der Waals surface area contributed by atoms with Crippen LogP contribution in [0.15, 0.2) is 182 Å². The second-order valence-electron chi connectivity index (χ2n) is 14.1. The van der Waals surface area contributed by atoms with Gasteiger partial charge in [-0.3, -0.25) is 4.98 Å². The fraction of sp³-hybridized carbons (Fsp3) is 0.122. The van der Waals surface area contributed by atoms with Gasteiger partial charge in [-0.05, 0) is 56.3 Å². The number of pyridine rings is 1. The lowest BCUT2D eigenvalue weighted by Gasteiger charge is -2.36. The summed E-state index contributed by atoms with van der Waals surface area (Å²) in [5, 5.41) is 13.9. The van der Waals surface area contributed by atoms with Crippen LogP contribution in [0.25, 0.3) is 44.8 Å². The van der Waals surface area contributed by atoms with E-state index < -0.39 is 5.54 Å². The molecule has 0 saturated heterocycles. The first kappa shape index (κ1) is 34.8. The summed E-state index contributed by atoms with van der Waals surface area (Å²) < 4.78 is 4.37. The van der Waals surface area contributed by atoms with Crippen LogP contribution in [0.2, 0.25) is 0 Å². The van der Waals surface area contributed by atoms with Gasteiger partial charge in [-0.2, -0.15) is 0 Å². The molecule has 6 aromatic carbocycles. The van der Waals surface area contributed by atoms with Gasteiger partial charge in [-0.15, -0.1) is 5.10 Å². The van der Waals surface area contributed by atoms with Gasteiger partial charge in [-0.1, -0.05) is 183 Å². The molecule has 0 aliphatic carbocycles. The Morgan fingerprint density at radius 1 is 0.589 bits per heavy atom. The summed E-state index contributed by atoms with van der Waals surface area (Å²) in [6.07, 6.45) is 5.02. The molecule has 0 amide bonds. The predicted octanol–water partition coefficient (Wildman–Crippen LogP) is 10.6. The quantitative estimate of drug-likeness (QED) is 0.117. The van der Waals surface area contributed by atoms with Gasteiger partial charge >= 0.3 is 0 Å². The first-order valence-corrected chi connectivity index (χ1v) is 19.3. The largest absolute Gasteiger partial charge is 0.323 e. The Morgan fingerprint density at radius 2 is 1.16 bits per heavy atom. The summed E-state index contributed by atoms with van der Waals surface area (Å²) in [5.74, 6) is 1.77. The zero-order valence-electron chi connectivity index (χ0n) is 31.3. The van der Waals surface area contributed by atoms with Crippen LogP contribution in [0.5, 0.6) is 0 Å². The van der Waals surface area contributed by atoms with Crippen LogP contribution in [0, 0.1) is 0 Å². The molecule has 0 radical (unpaired) electrons. The molecule has 7 heteroatoms. The minimum atomic E-state index is -0.849. The van der Waals surface area contributed by atoms with Crippen LogP contribution in [0.1, 0.15) is 47.8 Å². The van der Waals surface area contributed by atoms with Gasteiger partial charge in [0, 0.05) is 24.1 Å². The number of benzene rings is 6. The van der Waals surface area contributed by atoms with Gasteiger partial charge in [0.05, 0.1) is 17.4 Å². The van der Waals surface area contributed by atoms with E-state index in [9.17, 15) is 0 Å². The molecule has 7 nitrogen and oxygen atoms in total. The fourth-order valence-electron chi connectivity index (χ4n) is 7.94. The normalized spacial score (nSPS) is 11.6. The minimum Gasteiger partial charge on any atom is -0.323 e. The number of aryl methyl sites for hydroxylation is 1. The monoisotopic (exact) mass is 727 g/mol. The Hall–Kier alpha value is -6.99. The number of nitrogens with zero attached hydrogens (tertiary/aromatic N) is 7. The van der Waals surface area contributed by atoms with Crippen molar-refractivity contribution in [3.8, 4) is 33.8 Å². The maximum Gasteiger partial charge on any atom is 0.184 e. The van der Waals surface area contributed by atoms with Crippen LogP contribution in [-0.4, -0.2) is 34.7 Å². The molecule has 0 spiro atoms. The summed E-state index contributed by atoms with van der Waals surface area (Å²) in [7, 11) is 0. The Labute approximate surface area is 327 Å². The molecular formula is C49H41N7. The second-order valence-corrected chi connectivity index (χ2v) is 14.1. The van der Waals surface area contributed by atoms with E-state index in [0.29, 0.717) is 12.4 Å². The molecule has 0 aliphatic heterocycles. The number of fused-ring (bicyclic) bond motifs is 1. The summed E-state index contributed by atoms with van der Waals surface area (Å²) in [5.41, 5.74) is 10.7. The molecule has 3 heterocycles. The van der Waals surface area contributed by atoms with Crippen molar-refractivity contribution in [3.05, 3.63) is 210 Å². The van der Waals surface area contributed by atoms with Crippen LogP contribution >= 0.6 is 0 Å². The van der Waals surface area contributed by atoms with Crippen molar-refractivity contribution in [2.24, 2.45) is 0 Å². The summed E-state index contributed by atoms with van der Waals surface area (Å²) >= 11 is 0. The molecule has 3 aromatic heterocycles. The van der Waals surface area contributed by atoms with E-state index in [1.54, 1.807) is 0 Å². The highest BCUT2D eigenvalue weighted by atomic mass is 15.6. The Balaban J connectivity index is 1.12. The second kappa shape index (κ2) is 15.4. The van der Waals surface area contributed by atoms with Gasteiger partial charge in [0.25, 0.3) is 0 Å². The number of hydrogen-bond donors (Lipinski definition) is 0. The van der Waals surface area contributed by atoms with E-state index in [1.807, 2.05) is 35.1 Å². The van der Waals surface area contributed by atoms with Crippen molar-refractivity contribution in [3.63, 3.8) is 0 Å². The molecule has 0 fully saturated rings. The van der Waals surface area contributed by atoms with Gasteiger partial charge in [0.1, 0.15) is 16.9 Å². The first-order chi connectivity index (χ1) is 27.7. The minimum absolute atomic E-state index is 0.675. The molecule has 0 aliphatic rings. The van der Waals surface area contributed by atoms with Crippen molar-refractivity contribution < 1.29 is 0 Å². The highest BCUT2D eigenvalue weighted by Gasteiger charge is 2.42. The number of aromatic nitrogens is 7. The highest BCUT2D eigenvalue weighted by Crippen LogP contribution is 2.43. The van der Waals surface area contributed by atoms with E-state index in [0.717, 1.165) is 80.8 Å². The summed E-state index contributed by atoms with van der Waals surface area (Å²) in [4.78, 5) is 9.83. The third-order valence-electron chi connectivity index (χ3n) is 10.7. The topological polar surface area (TPSA) is 74.3 Å². The smallest absolute Gasteiger partial charge is 0.184 e. The lowest BCUT2D eigenvalue weighted by Crippen LogP contribution is -2.39. The van der Waals surface area contributed by atoms with Crippen LogP contribution < -0.4 is 0 Å². The third-order valence-corrected chi connectivity index (χ3v) is 10.7. The lowest BCUT2D eigenvalue weighted by atomic mass is 9.77. The van der Waals surface area contributed by atoms with Crippen molar-refractivity contribution in [2.75, 3.05) is 0 Å². The van der Waals surface area contributed by atoms with E-state index in [4.69, 9.17) is 20.3 Å². The zero-order valence-corrected chi connectivity index (χ0v) is 31.3. The van der Waals surface area contributed by atoms with Gasteiger partial charge in [-0.25, -0.2) is 9.67 Å². The molecular weight excluding hydrogens is 687 g/mol. The Bertz CT molecular complexity index is 2590. The van der Waals surface area contributed by atoms with Crippen molar-refractivity contribution >= 4 is 11.0 Å². The number of hydrogen-bond acceptors (Lipinski definition) is 5. The fourth-order valence-corrected chi connectivity index (χ4v) is 7.94. The van der Waals surface area contributed by atoms with Crippen LogP contribution in [-0.2, 0) is 18.5 Å². The van der Waals surface area contributed by atoms with Crippen molar-refractivity contribution in [1.29, 1.82) is 0 Å². The number of unbranched alkanes of at least 4 members (excludes halogenated alkanes) is 1. The van der Waals surface area contributed by atoms with Gasteiger partial charge < -0.3 is 4.57 Å². The van der Waals surface area contributed by atoms with Crippen LogP contribution in [0.3, 0.4) is 0 Å². The first-order valence-electron chi connectivity index (χ1n) is 19.3. The van der Waals surface area contributed by atoms with Crippen LogP contribution in [0.4, 0.5) is 0 Å². The average Bonchev–Trinajstić information content (AvgIpc) is 3.90. The SMILES string of the molecule is CCCCc1nc2cnc(-c3ccccc3)cc2n1Cc1ccc(-c2ccccc2-c2nnnn2C(c2ccccc2)(c2ccccc2)c2ccccc2)cc1. The van der Waals surface area contributed by atoms with Gasteiger partial charge in [0.2, 0.25) is 0 Å². The van der Waals surface area contributed by atoms with Gasteiger partial charge in [0.15, 0.2) is 5.82 Å². The Morgan fingerprint density at radius 3 is 1.77 bits per heavy atom. The van der Waals surface area contributed by atoms with Crippen molar-refractivity contribution in [1.82, 2.24) is 34.7 Å².